The van der Waals surface area contributed by atoms with E-state index in [2.05, 4.69) is 74.0 Å². The van der Waals surface area contributed by atoms with Crippen molar-refractivity contribution in [2.75, 3.05) is 6.73 Å². The Morgan fingerprint density at radius 1 is 1.05 bits per heavy atom. The van der Waals surface area contributed by atoms with Crippen molar-refractivity contribution in [2.45, 2.75) is 32.6 Å². The Balaban J connectivity index is 2.05. The molecule has 2 aromatic rings. The average molecular weight is 280 g/mol. The van der Waals surface area contributed by atoms with Crippen LogP contribution in [0.1, 0.15) is 38.3 Å². The van der Waals surface area contributed by atoms with E-state index in [-0.39, 0.29) is 5.41 Å². The van der Waals surface area contributed by atoms with E-state index in [9.17, 15) is 0 Å². The highest BCUT2D eigenvalue weighted by Crippen LogP contribution is 2.37. The van der Waals surface area contributed by atoms with E-state index in [4.69, 9.17) is 4.74 Å². The maximum absolute atomic E-state index is 6.10. The topological polar surface area (TPSA) is 12.2 Å². The van der Waals surface area contributed by atoms with Gasteiger partial charge in [0.25, 0.3) is 6.73 Å². The lowest BCUT2D eigenvalue weighted by atomic mass is 9.81. The molecule has 0 aliphatic carbocycles. The number of fused-ring (bicyclic) bond motifs is 1. The third kappa shape index (κ3) is 2.58. The molecule has 0 aromatic heterocycles. The summed E-state index contributed by atoms with van der Waals surface area (Å²) < 4.78 is 8.25. The molecule has 1 heterocycles. The fourth-order valence-corrected chi connectivity index (χ4v) is 2.65. The van der Waals surface area contributed by atoms with Crippen LogP contribution in [0.4, 0.5) is 5.69 Å². The summed E-state index contributed by atoms with van der Waals surface area (Å²) in [5.41, 5.74) is 3.74. The van der Waals surface area contributed by atoms with Crippen LogP contribution in [0.15, 0.2) is 48.5 Å². The summed E-state index contributed by atoms with van der Waals surface area (Å²) in [5, 5.41) is 0. The molecule has 21 heavy (non-hydrogen) atoms. The molecule has 0 spiro atoms. The van der Waals surface area contributed by atoms with Gasteiger partial charge in [-0.1, -0.05) is 51.1 Å². The second-order valence-electron chi connectivity index (χ2n) is 6.17. The van der Waals surface area contributed by atoms with Crippen LogP contribution < -0.4 is 4.74 Å². The Morgan fingerprint density at radius 3 is 2.52 bits per heavy atom. The van der Waals surface area contributed by atoms with Crippen molar-refractivity contribution in [3.63, 3.8) is 0 Å². The zero-order valence-corrected chi connectivity index (χ0v) is 13.0. The van der Waals surface area contributed by atoms with E-state index >= 15 is 0 Å². The number of benzene rings is 2. The fraction of sp³-hybridized carbons (Fsp3) is 0.316. The normalized spacial score (nSPS) is 14.1. The second-order valence-corrected chi connectivity index (χ2v) is 6.17. The average Bonchev–Trinajstić information content (AvgIpc) is 2.54. The lowest BCUT2D eigenvalue weighted by Crippen LogP contribution is -2.25. The van der Waals surface area contributed by atoms with Crippen LogP contribution in [0.3, 0.4) is 0 Å². The molecule has 0 saturated carbocycles. The predicted octanol–water partition coefficient (Wildman–Crippen LogP) is 4.49. The van der Waals surface area contributed by atoms with Gasteiger partial charge in [0.2, 0.25) is 5.69 Å². The zero-order valence-electron chi connectivity index (χ0n) is 13.0. The van der Waals surface area contributed by atoms with Gasteiger partial charge in [-0.3, -0.25) is 0 Å². The molecule has 108 valence electrons. The first-order valence-electron chi connectivity index (χ1n) is 7.54. The summed E-state index contributed by atoms with van der Waals surface area (Å²) in [5.74, 6) is 1.04. The van der Waals surface area contributed by atoms with Crippen molar-refractivity contribution >= 4 is 11.9 Å². The minimum absolute atomic E-state index is 0.133. The molecule has 0 unspecified atom stereocenters. The number of hydrogen-bond donors (Lipinski definition) is 0. The number of nitrogens with zero attached hydrogens (tertiary/aromatic N) is 1. The largest absolute Gasteiger partial charge is 0.435 e. The fourth-order valence-electron chi connectivity index (χ4n) is 2.65. The number of para-hydroxylation sites is 2. The van der Waals surface area contributed by atoms with Gasteiger partial charge in [0, 0.05) is 17.7 Å². The first-order valence-corrected chi connectivity index (χ1v) is 7.54. The summed E-state index contributed by atoms with van der Waals surface area (Å²) in [6.07, 6.45) is 3.28. The summed E-state index contributed by atoms with van der Waals surface area (Å²) in [6, 6.07) is 16.8. The Kier molecular flexibility index (Phi) is 3.54. The van der Waals surface area contributed by atoms with Crippen LogP contribution in [0, 0.1) is 0 Å². The maximum atomic E-state index is 6.10. The lowest BCUT2D eigenvalue weighted by Gasteiger charge is -2.27. The van der Waals surface area contributed by atoms with Crippen LogP contribution in [-0.4, -0.2) is 17.5 Å². The van der Waals surface area contributed by atoms with Gasteiger partial charge in [0.15, 0.2) is 6.21 Å². The predicted molar refractivity (Wildman–Crippen MR) is 86.8 cm³/mol. The zero-order chi connectivity index (χ0) is 14.9. The van der Waals surface area contributed by atoms with Crippen LogP contribution in [0.2, 0.25) is 0 Å². The van der Waals surface area contributed by atoms with Crippen LogP contribution in [0.5, 0.6) is 5.75 Å². The van der Waals surface area contributed by atoms with Crippen molar-refractivity contribution in [1.29, 1.82) is 0 Å². The van der Waals surface area contributed by atoms with Crippen molar-refractivity contribution in [3.05, 3.63) is 59.7 Å². The SMILES string of the molecule is CCC(C)(C)c1cccc2c1OC[N+](c1ccccc1)=C2. The Hall–Kier alpha value is -2.09. The molecule has 0 amide bonds. The van der Waals surface area contributed by atoms with Crippen LogP contribution >= 0.6 is 0 Å². The smallest absolute Gasteiger partial charge is 0.292 e. The molecular weight excluding hydrogens is 258 g/mol. The first-order chi connectivity index (χ1) is 10.1. The maximum Gasteiger partial charge on any atom is 0.292 e. The Morgan fingerprint density at radius 2 is 1.81 bits per heavy atom. The minimum Gasteiger partial charge on any atom is -0.435 e. The molecule has 0 N–H and O–H groups in total. The summed E-state index contributed by atoms with van der Waals surface area (Å²) in [7, 11) is 0. The van der Waals surface area contributed by atoms with Crippen molar-refractivity contribution < 1.29 is 9.31 Å². The number of rotatable bonds is 3. The quantitative estimate of drug-likeness (QED) is 0.755. The number of ether oxygens (including phenoxy) is 1. The monoisotopic (exact) mass is 280 g/mol. The van der Waals surface area contributed by atoms with Gasteiger partial charge >= 0.3 is 0 Å². The summed E-state index contributed by atoms with van der Waals surface area (Å²) in [4.78, 5) is 0. The molecule has 1 aliphatic heterocycles. The van der Waals surface area contributed by atoms with E-state index in [1.807, 2.05) is 6.07 Å². The highest BCUT2D eigenvalue weighted by Gasteiger charge is 2.28. The standard InChI is InChI=1S/C19H22NO/c1-4-19(2,3)17-12-8-9-15-13-20(14-21-18(15)17)16-10-6-5-7-11-16/h5-13H,4,14H2,1-3H3/q+1. The highest BCUT2D eigenvalue weighted by molar-refractivity contribution is 5.82. The minimum atomic E-state index is 0.133. The highest BCUT2D eigenvalue weighted by atomic mass is 16.5. The lowest BCUT2D eigenvalue weighted by molar-refractivity contribution is -0.476. The molecule has 1 aliphatic rings. The Labute approximate surface area is 126 Å². The molecule has 3 rings (SSSR count). The molecule has 2 heteroatoms. The van der Waals surface area contributed by atoms with E-state index in [1.54, 1.807) is 0 Å². The molecule has 0 atom stereocenters. The third-order valence-electron chi connectivity index (χ3n) is 4.39. The van der Waals surface area contributed by atoms with E-state index in [0.717, 1.165) is 23.4 Å². The molecule has 0 bridgehead atoms. The van der Waals surface area contributed by atoms with Gasteiger partial charge in [0.1, 0.15) is 5.75 Å². The summed E-state index contributed by atoms with van der Waals surface area (Å²) in [6.45, 7) is 7.33. The Bertz CT molecular complexity index is 671. The van der Waals surface area contributed by atoms with E-state index in [1.165, 1.54) is 5.56 Å². The molecular formula is C19H22NO+. The summed E-state index contributed by atoms with van der Waals surface area (Å²) >= 11 is 0. The van der Waals surface area contributed by atoms with Gasteiger partial charge in [0.05, 0.1) is 5.56 Å². The van der Waals surface area contributed by atoms with Gasteiger partial charge in [-0.05, 0) is 17.9 Å². The number of hydrogen-bond acceptors (Lipinski definition) is 1. The van der Waals surface area contributed by atoms with Gasteiger partial charge in [-0.25, -0.2) is 0 Å². The molecule has 0 radical (unpaired) electrons. The third-order valence-corrected chi connectivity index (χ3v) is 4.39. The molecule has 2 aromatic carbocycles. The second kappa shape index (κ2) is 5.36. The van der Waals surface area contributed by atoms with E-state index in [0.29, 0.717) is 6.73 Å². The molecule has 0 fully saturated rings. The first kappa shape index (κ1) is 13.9. The van der Waals surface area contributed by atoms with Crippen molar-refractivity contribution in [3.8, 4) is 5.75 Å². The van der Waals surface area contributed by atoms with Crippen molar-refractivity contribution in [1.82, 2.24) is 0 Å². The van der Waals surface area contributed by atoms with Gasteiger partial charge < -0.3 is 4.74 Å². The van der Waals surface area contributed by atoms with Gasteiger partial charge in [-0.15, -0.1) is 0 Å². The van der Waals surface area contributed by atoms with Crippen LogP contribution in [-0.2, 0) is 5.41 Å². The molecule has 2 nitrogen and oxygen atoms in total. The van der Waals surface area contributed by atoms with Gasteiger partial charge in [-0.2, -0.15) is 4.58 Å². The van der Waals surface area contributed by atoms with E-state index < -0.39 is 0 Å². The molecule has 0 saturated heterocycles. The van der Waals surface area contributed by atoms with Crippen molar-refractivity contribution in [2.24, 2.45) is 0 Å². The van der Waals surface area contributed by atoms with Crippen LogP contribution in [0.25, 0.3) is 0 Å².